The van der Waals surface area contributed by atoms with Gasteiger partial charge in [-0.2, -0.15) is 8.42 Å². The first kappa shape index (κ1) is 10.3. The fourth-order valence-corrected chi connectivity index (χ4v) is 1.18. The van der Waals surface area contributed by atoms with Crippen LogP contribution in [0.3, 0.4) is 0 Å². The van der Waals surface area contributed by atoms with Crippen molar-refractivity contribution in [3.05, 3.63) is 0 Å². The summed E-state index contributed by atoms with van der Waals surface area (Å²) < 4.78 is 25.8. The molecule has 0 rings (SSSR count). The second kappa shape index (κ2) is 4.99. The molecule has 0 aromatic heterocycles. The molecule has 0 aliphatic rings. The Balaban J connectivity index is 3.80. The SMILES string of the molecule is CC#CNOS(=O)(=O)CCC. The van der Waals surface area contributed by atoms with E-state index in [2.05, 4.69) is 16.2 Å². The summed E-state index contributed by atoms with van der Waals surface area (Å²) in [5, 5.41) is 0. The second-order valence-electron chi connectivity index (χ2n) is 1.82. The summed E-state index contributed by atoms with van der Waals surface area (Å²) in [4.78, 5) is 0. The van der Waals surface area contributed by atoms with Gasteiger partial charge in [-0.05, 0) is 13.3 Å². The Bertz CT molecular complexity index is 247. The van der Waals surface area contributed by atoms with Crippen LogP contribution in [0.4, 0.5) is 0 Å². The van der Waals surface area contributed by atoms with Gasteiger partial charge in [-0.1, -0.05) is 12.8 Å². The molecule has 0 spiro atoms. The van der Waals surface area contributed by atoms with Crippen molar-refractivity contribution in [3.63, 3.8) is 0 Å². The normalized spacial score (nSPS) is 10.0. The lowest BCUT2D eigenvalue weighted by molar-refractivity contribution is 0.259. The van der Waals surface area contributed by atoms with E-state index in [1.54, 1.807) is 13.8 Å². The lowest BCUT2D eigenvalue weighted by Crippen LogP contribution is -2.17. The first-order valence-corrected chi connectivity index (χ1v) is 4.78. The Morgan fingerprint density at radius 3 is 2.64 bits per heavy atom. The van der Waals surface area contributed by atoms with E-state index in [0.717, 1.165) is 0 Å². The zero-order valence-corrected chi connectivity index (χ0v) is 7.36. The summed E-state index contributed by atoms with van der Waals surface area (Å²) in [6.45, 7) is 3.33. The molecule has 0 aliphatic heterocycles. The molecule has 0 saturated heterocycles. The number of nitrogens with one attached hydrogen (secondary N) is 1. The van der Waals surface area contributed by atoms with E-state index in [1.807, 2.05) is 5.48 Å². The molecule has 1 N–H and O–H groups in total. The largest absolute Gasteiger partial charge is 0.288 e. The minimum Gasteiger partial charge on any atom is -0.206 e. The molecule has 11 heavy (non-hydrogen) atoms. The Hall–Kier alpha value is -0.730. The van der Waals surface area contributed by atoms with Crippen LogP contribution in [0.5, 0.6) is 0 Å². The van der Waals surface area contributed by atoms with E-state index in [1.165, 1.54) is 0 Å². The maximum Gasteiger partial charge on any atom is 0.288 e. The monoisotopic (exact) mass is 177 g/mol. The molecule has 0 aliphatic carbocycles. The van der Waals surface area contributed by atoms with Gasteiger partial charge in [0.25, 0.3) is 10.1 Å². The highest BCUT2D eigenvalue weighted by atomic mass is 32.2. The molecule has 0 aromatic carbocycles. The van der Waals surface area contributed by atoms with Crippen molar-refractivity contribution in [2.45, 2.75) is 20.3 Å². The highest BCUT2D eigenvalue weighted by molar-refractivity contribution is 7.86. The van der Waals surface area contributed by atoms with Gasteiger partial charge < -0.3 is 0 Å². The fourth-order valence-electron chi connectivity index (χ4n) is 0.427. The Morgan fingerprint density at radius 1 is 1.55 bits per heavy atom. The number of rotatable bonds is 4. The zero-order valence-electron chi connectivity index (χ0n) is 6.55. The van der Waals surface area contributed by atoms with Crippen molar-refractivity contribution in [1.82, 2.24) is 5.48 Å². The van der Waals surface area contributed by atoms with Crippen LogP contribution in [-0.2, 0) is 14.4 Å². The van der Waals surface area contributed by atoms with Crippen molar-refractivity contribution in [2.24, 2.45) is 0 Å². The lowest BCUT2D eigenvalue weighted by Gasteiger charge is -1.98. The van der Waals surface area contributed by atoms with Crippen LogP contribution in [0.15, 0.2) is 0 Å². The number of hydrogen-bond acceptors (Lipinski definition) is 4. The van der Waals surface area contributed by atoms with Crippen molar-refractivity contribution < 1.29 is 12.7 Å². The van der Waals surface area contributed by atoms with Crippen LogP contribution in [0.1, 0.15) is 20.3 Å². The second-order valence-corrected chi connectivity index (χ2v) is 3.51. The van der Waals surface area contributed by atoms with E-state index in [9.17, 15) is 8.42 Å². The minimum absolute atomic E-state index is 0.00535. The van der Waals surface area contributed by atoms with E-state index < -0.39 is 10.1 Å². The lowest BCUT2D eigenvalue weighted by atomic mass is 10.6. The third-order valence-corrected chi connectivity index (χ3v) is 2.04. The maximum atomic E-state index is 10.8. The first-order chi connectivity index (χ1) is 5.12. The number of hydrogen-bond donors (Lipinski definition) is 1. The molecule has 64 valence electrons. The van der Waals surface area contributed by atoms with Crippen molar-refractivity contribution in [1.29, 1.82) is 0 Å². The van der Waals surface area contributed by atoms with Gasteiger partial charge in [-0.15, -0.1) is 4.28 Å². The average molecular weight is 177 g/mol. The Kier molecular flexibility index (Phi) is 4.66. The van der Waals surface area contributed by atoms with E-state index in [4.69, 9.17) is 0 Å². The first-order valence-electron chi connectivity index (χ1n) is 3.20. The topological polar surface area (TPSA) is 55.4 Å². The van der Waals surface area contributed by atoms with Gasteiger partial charge in [-0.3, -0.25) is 0 Å². The summed E-state index contributed by atoms with van der Waals surface area (Å²) in [6, 6.07) is 2.26. The molecule has 0 atom stereocenters. The van der Waals surface area contributed by atoms with Crippen molar-refractivity contribution >= 4 is 10.1 Å². The molecule has 4 nitrogen and oxygen atoms in total. The third kappa shape index (κ3) is 5.70. The Morgan fingerprint density at radius 2 is 2.18 bits per heavy atom. The van der Waals surface area contributed by atoms with Crippen LogP contribution in [0.25, 0.3) is 0 Å². The zero-order chi connectivity index (χ0) is 8.74. The molecule has 0 fully saturated rings. The molecule has 0 heterocycles. The molecule has 0 bridgehead atoms. The quantitative estimate of drug-likeness (QED) is 0.379. The van der Waals surface area contributed by atoms with Gasteiger partial charge in [0.15, 0.2) is 0 Å². The minimum atomic E-state index is -3.42. The Labute approximate surface area is 67.0 Å². The van der Waals surface area contributed by atoms with Crippen molar-refractivity contribution in [2.75, 3.05) is 5.75 Å². The van der Waals surface area contributed by atoms with Crippen LogP contribution in [0.2, 0.25) is 0 Å². The van der Waals surface area contributed by atoms with Gasteiger partial charge in [0, 0.05) is 6.04 Å². The van der Waals surface area contributed by atoms with E-state index >= 15 is 0 Å². The maximum absolute atomic E-state index is 10.8. The van der Waals surface area contributed by atoms with E-state index in [0.29, 0.717) is 6.42 Å². The highest BCUT2D eigenvalue weighted by Crippen LogP contribution is 1.91. The molecule has 0 radical (unpaired) electrons. The predicted octanol–water partition coefficient (Wildman–Crippen LogP) is 0.228. The summed E-state index contributed by atoms with van der Waals surface area (Å²) in [6.07, 6.45) is 0.531. The highest BCUT2D eigenvalue weighted by Gasteiger charge is 2.07. The fraction of sp³-hybridized carbons (Fsp3) is 0.667. The summed E-state index contributed by atoms with van der Waals surface area (Å²) in [5.74, 6) is 2.44. The van der Waals surface area contributed by atoms with Crippen molar-refractivity contribution in [3.8, 4) is 12.0 Å². The van der Waals surface area contributed by atoms with Gasteiger partial charge in [0.1, 0.15) is 0 Å². The molecular weight excluding hydrogens is 166 g/mol. The van der Waals surface area contributed by atoms with Gasteiger partial charge >= 0.3 is 0 Å². The van der Waals surface area contributed by atoms with Crippen LogP contribution < -0.4 is 5.48 Å². The summed E-state index contributed by atoms with van der Waals surface area (Å²) in [7, 11) is -3.42. The smallest absolute Gasteiger partial charge is 0.206 e. The van der Waals surface area contributed by atoms with E-state index in [-0.39, 0.29) is 5.75 Å². The van der Waals surface area contributed by atoms with Gasteiger partial charge in [0.05, 0.1) is 5.75 Å². The molecule has 0 saturated carbocycles. The van der Waals surface area contributed by atoms with Gasteiger partial charge in [0.2, 0.25) is 0 Å². The molecule has 0 aromatic rings. The summed E-state index contributed by atoms with van der Waals surface area (Å²) in [5.41, 5.74) is 2.01. The molecule has 5 heteroatoms. The van der Waals surface area contributed by atoms with Crippen LogP contribution in [-0.4, -0.2) is 14.2 Å². The molecule has 0 unspecified atom stereocenters. The standard InChI is InChI=1S/C6H11NO3S/c1-3-5-7-10-11(8,9)6-4-2/h7H,4,6H2,1-2H3. The third-order valence-electron chi connectivity index (χ3n) is 0.799. The predicted molar refractivity (Wildman–Crippen MR) is 41.7 cm³/mol. The molecular formula is C6H11NO3S. The van der Waals surface area contributed by atoms with Crippen LogP contribution >= 0.6 is 0 Å². The molecule has 0 amide bonds. The van der Waals surface area contributed by atoms with Gasteiger partial charge in [-0.25, -0.2) is 5.48 Å². The number of hydroxylamine groups is 1. The summed E-state index contributed by atoms with van der Waals surface area (Å²) >= 11 is 0. The van der Waals surface area contributed by atoms with Crippen LogP contribution in [0, 0.1) is 12.0 Å². The average Bonchev–Trinajstić information content (AvgIpc) is 1.87.